The molecular weight excluding hydrogens is 301 g/mol. The molecule has 1 unspecified atom stereocenters. The highest BCUT2D eigenvalue weighted by Crippen LogP contribution is 2.25. The highest BCUT2D eigenvalue weighted by Gasteiger charge is 2.33. The quantitative estimate of drug-likeness (QED) is 0.845. The summed E-state index contributed by atoms with van der Waals surface area (Å²) in [6, 6.07) is 5.66. The summed E-state index contributed by atoms with van der Waals surface area (Å²) in [6.45, 7) is 0. The first-order valence-electron chi connectivity index (χ1n) is 6.07. The molecule has 1 aliphatic rings. The number of halogens is 1. The van der Waals surface area contributed by atoms with Crippen molar-refractivity contribution in [1.82, 2.24) is 4.90 Å². The van der Waals surface area contributed by atoms with Gasteiger partial charge in [0.1, 0.15) is 11.9 Å². The molecule has 1 N–H and O–H groups in total. The lowest BCUT2D eigenvalue weighted by atomic mass is 10.3. The summed E-state index contributed by atoms with van der Waals surface area (Å²) in [5.41, 5.74) is 0. The number of benzene rings is 1. The van der Waals surface area contributed by atoms with E-state index in [9.17, 15) is 14.0 Å². The van der Waals surface area contributed by atoms with E-state index in [0.717, 1.165) is 0 Å². The first kappa shape index (κ1) is 15.2. The van der Waals surface area contributed by atoms with Crippen molar-refractivity contribution < 1.29 is 19.1 Å². The van der Waals surface area contributed by atoms with Crippen LogP contribution in [0.25, 0.3) is 0 Å². The lowest BCUT2D eigenvalue weighted by molar-refractivity contribution is -0.147. The Balaban J connectivity index is 1.84. The normalized spacial score (nSPS) is 18.2. The number of carbonyl (C=O) groups is 2. The van der Waals surface area contributed by atoms with Gasteiger partial charge in [0.05, 0.1) is 5.88 Å². The van der Waals surface area contributed by atoms with Crippen molar-refractivity contribution in [2.75, 3.05) is 17.4 Å². The zero-order valence-electron chi connectivity index (χ0n) is 10.6. The molecule has 0 bridgehead atoms. The van der Waals surface area contributed by atoms with Gasteiger partial charge in [-0.3, -0.25) is 4.79 Å². The molecule has 1 aromatic carbocycles. The molecule has 1 aliphatic heterocycles. The molecule has 0 spiro atoms. The van der Waals surface area contributed by atoms with E-state index >= 15 is 0 Å². The van der Waals surface area contributed by atoms with Crippen LogP contribution in [-0.2, 0) is 9.59 Å². The van der Waals surface area contributed by atoms with E-state index in [1.54, 1.807) is 18.2 Å². The van der Waals surface area contributed by atoms with E-state index in [1.807, 2.05) is 0 Å². The molecule has 0 aliphatic carbocycles. The first-order chi connectivity index (χ1) is 9.59. The van der Waals surface area contributed by atoms with Gasteiger partial charge in [-0.2, -0.15) is 0 Å². The number of nitrogens with zero attached hydrogens (tertiary/aromatic N) is 1. The third-order valence-electron chi connectivity index (χ3n) is 2.90. The fourth-order valence-electron chi connectivity index (χ4n) is 1.85. The van der Waals surface area contributed by atoms with E-state index in [4.69, 9.17) is 5.11 Å². The maximum absolute atomic E-state index is 13.4. The number of carboxylic acids is 1. The highest BCUT2D eigenvalue weighted by molar-refractivity contribution is 7.99. The summed E-state index contributed by atoms with van der Waals surface area (Å²) >= 11 is 2.70. The van der Waals surface area contributed by atoms with Gasteiger partial charge in [0, 0.05) is 22.8 Å². The summed E-state index contributed by atoms with van der Waals surface area (Å²) in [4.78, 5) is 24.9. The van der Waals surface area contributed by atoms with Crippen LogP contribution in [-0.4, -0.2) is 45.3 Å². The monoisotopic (exact) mass is 315 g/mol. The predicted octanol–water partition coefficient (Wildman–Crippen LogP) is 2.29. The van der Waals surface area contributed by atoms with E-state index in [1.165, 1.54) is 34.5 Å². The third-order valence-corrected chi connectivity index (χ3v) is 4.96. The molecule has 0 radical (unpaired) electrons. The molecule has 1 heterocycles. The summed E-state index contributed by atoms with van der Waals surface area (Å²) in [6.07, 6.45) is 0.212. The Labute approximate surface area is 124 Å². The Kier molecular flexibility index (Phi) is 5.31. The Morgan fingerprint density at radius 1 is 1.45 bits per heavy atom. The molecule has 1 aromatic rings. The smallest absolute Gasteiger partial charge is 0.327 e. The molecule has 7 heteroatoms. The van der Waals surface area contributed by atoms with Gasteiger partial charge >= 0.3 is 5.97 Å². The average Bonchev–Trinajstić information content (AvgIpc) is 2.90. The van der Waals surface area contributed by atoms with Crippen LogP contribution in [0.1, 0.15) is 6.42 Å². The van der Waals surface area contributed by atoms with Gasteiger partial charge in [-0.25, -0.2) is 9.18 Å². The summed E-state index contributed by atoms with van der Waals surface area (Å²) in [7, 11) is 0. The van der Waals surface area contributed by atoms with Gasteiger partial charge in [0.25, 0.3) is 0 Å². The minimum atomic E-state index is -0.967. The lowest BCUT2D eigenvalue weighted by Crippen LogP contribution is -2.41. The second-order valence-corrected chi connectivity index (χ2v) is 6.38. The number of carbonyl (C=O) groups excluding carboxylic acids is 1. The van der Waals surface area contributed by atoms with Gasteiger partial charge in [0.2, 0.25) is 5.91 Å². The lowest BCUT2D eigenvalue weighted by Gasteiger charge is -2.20. The van der Waals surface area contributed by atoms with Crippen molar-refractivity contribution >= 4 is 35.4 Å². The maximum atomic E-state index is 13.4. The number of aliphatic carboxylic acids is 1. The maximum Gasteiger partial charge on any atom is 0.327 e. The zero-order valence-corrected chi connectivity index (χ0v) is 12.3. The number of hydrogen-bond donors (Lipinski definition) is 1. The number of amides is 1. The Morgan fingerprint density at radius 3 is 2.90 bits per heavy atom. The number of thioether (sulfide) groups is 2. The molecular formula is C13H14FNO3S2. The standard InChI is InChI=1S/C13H14FNO3S2/c14-9-3-1-2-4-11(9)20-6-5-12(16)15-8-19-7-10(15)13(17)18/h1-4,10H,5-8H2,(H,17,18). The van der Waals surface area contributed by atoms with E-state index in [-0.39, 0.29) is 18.1 Å². The van der Waals surface area contributed by atoms with Crippen LogP contribution in [0.3, 0.4) is 0 Å². The van der Waals surface area contributed by atoms with E-state index < -0.39 is 12.0 Å². The summed E-state index contributed by atoms with van der Waals surface area (Å²) in [5, 5.41) is 9.01. The van der Waals surface area contributed by atoms with Crippen molar-refractivity contribution in [2.24, 2.45) is 0 Å². The van der Waals surface area contributed by atoms with Crippen molar-refractivity contribution in [3.05, 3.63) is 30.1 Å². The van der Waals surface area contributed by atoms with Crippen molar-refractivity contribution in [3.8, 4) is 0 Å². The van der Waals surface area contributed by atoms with Crippen molar-refractivity contribution in [1.29, 1.82) is 0 Å². The third kappa shape index (κ3) is 3.67. The Morgan fingerprint density at radius 2 is 2.20 bits per heavy atom. The Hall–Kier alpha value is -1.21. The van der Waals surface area contributed by atoms with Crippen LogP contribution in [0.5, 0.6) is 0 Å². The molecule has 1 fully saturated rings. The van der Waals surface area contributed by atoms with Crippen molar-refractivity contribution in [2.45, 2.75) is 17.4 Å². The molecule has 0 saturated carbocycles. The first-order valence-corrected chi connectivity index (χ1v) is 8.21. The topological polar surface area (TPSA) is 57.6 Å². The van der Waals surface area contributed by atoms with Gasteiger partial charge < -0.3 is 10.0 Å². The minimum absolute atomic E-state index is 0.189. The largest absolute Gasteiger partial charge is 0.480 e. The molecule has 1 saturated heterocycles. The van der Waals surface area contributed by atoms with Crippen LogP contribution in [0, 0.1) is 5.82 Å². The molecule has 1 amide bonds. The number of hydrogen-bond acceptors (Lipinski definition) is 4. The average molecular weight is 315 g/mol. The Bertz CT molecular complexity index is 512. The van der Waals surface area contributed by atoms with E-state index in [2.05, 4.69) is 0 Å². The molecule has 4 nitrogen and oxygen atoms in total. The molecule has 0 aromatic heterocycles. The molecule has 20 heavy (non-hydrogen) atoms. The van der Waals surface area contributed by atoms with Crippen LogP contribution in [0.4, 0.5) is 4.39 Å². The SMILES string of the molecule is O=C(O)C1CSCN1C(=O)CCSc1ccccc1F. The fourth-order valence-corrected chi connectivity index (χ4v) is 3.90. The zero-order chi connectivity index (χ0) is 14.5. The highest BCUT2D eigenvalue weighted by atomic mass is 32.2. The van der Waals surface area contributed by atoms with Crippen LogP contribution in [0.2, 0.25) is 0 Å². The summed E-state index contributed by atoms with van der Waals surface area (Å²) in [5.74, 6) is -0.170. The van der Waals surface area contributed by atoms with Crippen LogP contribution >= 0.6 is 23.5 Å². The number of carboxylic acid groups (broad SMARTS) is 1. The summed E-state index contributed by atoms with van der Waals surface area (Å²) < 4.78 is 13.4. The van der Waals surface area contributed by atoms with Crippen LogP contribution < -0.4 is 0 Å². The molecule has 2 rings (SSSR count). The molecule has 108 valence electrons. The van der Waals surface area contributed by atoms with Gasteiger partial charge in [-0.1, -0.05) is 12.1 Å². The number of rotatable bonds is 5. The minimum Gasteiger partial charge on any atom is -0.480 e. The second-order valence-electron chi connectivity index (χ2n) is 4.25. The van der Waals surface area contributed by atoms with Gasteiger partial charge in [-0.05, 0) is 12.1 Å². The van der Waals surface area contributed by atoms with E-state index in [0.29, 0.717) is 22.3 Å². The predicted molar refractivity (Wildman–Crippen MR) is 77.3 cm³/mol. The fraction of sp³-hybridized carbons (Fsp3) is 0.385. The van der Waals surface area contributed by atoms with Crippen molar-refractivity contribution in [3.63, 3.8) is 0 Å². The van der Waals surface area contributed by atoms with Gasteiger partial charge in [0.15, 0.2) is 0 Å². The van der Waals surface area contributed by atoms with Gasteiger partial charge in [-0.15, -0.1) is 23.5 Å². The molecule has 1 atom stereocenters. The second kappa shape index (κ2) is 6.99. The van der Waals surface area contributed by atoms with Crippen LogP contribution in [0.15, 0.2) is 29.2 Å².